The van der Waals surface area contributed by atoms with Crippen molar-refractivity contribution in [1.82, 2.24) is 4.90 Å². The largest absolute Gasteiger partial charge is 0.508 e. The second-order valence-corrected chi connectivity index (χ2v) is 6.43. The summed E-state index contributed by atoms with van der Waals surface area (Å²) in [6.45, 7) is 5.00. The van der Waals surface area contributed by atoms with Gasteiger partial charge in [-0.3, -0.25) is 14.5 Å². The van der Waals surface area contributed by atoms with Crippen molar-refractivity contribution in [1.29, 1.82) is 0 Å². The number of para-hydroxylation sites is 1. The van der Waals surface area contributed by atoms with Crippen molar-refractivity contribution in [3.63, 3.8) is 0 Å². The number of piperazine rings is 1. The molecular weight excluding hydrogens is 330 g/mol. The molecule has 1 aliphatic rings. The number of carbonyl (C=O) groups is 2. The average Bonchev–Trinajstić information content (AvgIpc) is 2.63. The van der Waals surface area contributed by atoms with Crippen molar-refractivity contribution in [2.24, 2.45) is 0 Å². The summed E-state index contributed by atoms with van der Waals surface area (Å²) in [5, 5.41) is 12.2. The van der Waals surface area contributed by atoms with Gasteiger partial charge in [-0.25, -0.2) is 0 Å². The molecule has 2 aromatic carbocycles. The molecule has 0 bridgehead atoms. The maximum atomic E-state index is 12.3. The van der Waals surface area contributed by atoms with Gasteiger partial charge in [-0.2, -0.15) is 0 Å². The maximum Gasteiger partial charge on any atom is 0.238 e. The van der Waals surface area contributed by atoms with E-state index >= 15 is 0 Å². The van der Waals surface area contributed by atoms with Crippen LogP contribution in [0.2, 0.25) is 0 Å². The summed E-state index contributed by atoms with van der Waals surface area (Å²) < 4.78 is 0. The number of hydrogen-bond acceptors (Lipinski definition) is 5. The predicted octanol–water partition coefficient (Wildman–Crippen LogP) is 2.36. The van der Waals surface area contributed by atoms with Crippen molar-refractivity contribution in [2.75, 3.05) is 42.9 Å². The number of Topliss-reactive ketones (excluding diaryl/α,β-unsaturated/α-hetero) is 1. The van der Waals surface area contributed by atoms with Gasteiger partial charge in [0.15, 0.2) is 5.78 Å². The number of aromatic hydroxyl groups is 1. The lowest BCUT2D eigenvalue weighted by Gasteiger charge is -2.35. The normalized spacial score (nSPS) is 14.9. The third-order valence-electron chi connectivity index (χ3n) is 4.53. The van der Waals surface area contributed by atoms with E-state index in [-0.39, 0.29) is 17.4 Å². The highest BCUT2D eigenvalue weighted by molar-refractivity contribution is 6.04. The SMILES string of the molecule is CC(=O)c1ccccc1NC(=O)CN1CCN(c2ccc(O)cc2)CC1. The van der Waals surface area contributed by atoms with Gasteiger partial charge in [0.2, 0.25) is 5.91 Å². The first-order valence-corrected chi connectivity index (χ1v) is 8.69. The van der Waals surface area contributed by atoms with Gasteiger partial charge in [0.05, 0.1) is 12.2 Å². The van der Waals surface area contributed by atoms with Crippen molar-refractivity contribution in [3.8, 4) is 5.75 Å². The molecule has 0 unspecified atom stereocenters. The Bertz CT molecular complexity index is 781. The van der Waals surface area contributed by atoms with Gasteiger partial charge in [0.25, 0.3) is 0 Å². The fraction of sp³-hybridized carbons (Fsp3) is 0.300. The number of rotatable bonds is 5. The van der Waals surface area contributed by atoms with E-state index in [9.17, 15) is 14.7 Å². The van der Waals surface area contributed by atoms with Crippen LogP contribution in [-0.4, -0.2) is 54.4 Å². The van der Waals surface area contributed by atoms with E-state index in [1.807, 2.05) is 12.1 Å². The van der Waals surface area contributed by atoms with Crippen LogP contribution in [0.5, 0.6) is 5.75 Å². The Balaban J connectivity index is 1.52. The molecule has 2 aromatic rings. The quantitative estimate of drug-likeness (QED) is 0.808. The van der Waals surface area contributed by atoms with Gasteiger partial charge in [-0.15, -0.1) is 0 Å². The van der Waals surface area contributed by atoms with E-state index in [2.05, 4.69) is 15.1 Å². The molecule has 2 N–H and O–H groups in total. The summed E-state index contributed by atoms with van der Waals surface area (Å²) in [7, 11) is 0. The molecule has 0 spiro atoms. The topological polar surface area (TPSA) is 72.9 Å². The summed E-state index contributed by atoms with van der Waals surface area (Å²) in [6.07, 6.45) is 0. The van der Waals surface area contributed by atoms with Crippen LogP contribution < -0.4 is 10.2 Å². The number of ketones is 1. The molecule has 0 aliphatic carbocycles. The van der Waals surface area contributed by atoms with E-state index in [0.29, 0.717) is 17.8 Å². The zero-order valence-corrected chi connectivity index (χ0v) is 14.8. The van der Waals surface area contributed by atoms with E-state index in [0.717, 1.165) is 31.9 Å². The average molecular weight is 353 g/mol. The van der Waals surface area contributed by atoms with Gasteiger partial charge in [-0.05, 0) is 43.3 Å². The van der Waals surface area contributed by atoms with Gasteiger partial charge >= 0.3 is 0 Å². The van der Waals surface area contributed by atoms with Gasteiger partial charge in [0, 0.05) is 37.4 Å². The summed E-state index contributed by atoms with van der Waals surface area (Å²) in [6, 6.07) is 14.2. The second-order valence-electron chi connectivity index (χ2n) is 6.43. The van der Waals surface area contributed by atoms with Crippen molar-refractivity contribution in [3.05, 3.63) is 54.1 Å². The Morgan fingerprint density at radius 3 is 2.31 bits per heavy atom. The van der Waals surface area contributed by atoms with Crippen molar-refractivity contribution < 1.29 is 14.7 Å². The van der Waals surface area contributed by atoms with Crippen LogP contribution in [0.25, 0.3) is 0 Å². The van der Waals surface area contributed by atoms with Crippen molar-refractivity contribution >= 4 is 23.1 Å². The molecule has 26 heavy (non-hydrogen) atoms. The molecule has 1 amide bonds. The van der Waals surface area contributed by atoms with Crippen LogP contribution in [0.15, 0.2) is 48.5 Å². The Hall–Kier alpha value is -2.86. The fourth-order valence-electron chi connectivity index (χ4n) is 3.12. The molecule has 3 rings (SSSR count). The summed E-state index contributed by atoms with van der Waals surface area (Å²) in [5.41, 5.74) is 2.16. The number of nitrogens with one attached hydrogen (secondary N) is 1. The lowest BCUT2D eigenvalue weighted by molar-refractivity contribution is -0.117. The van der Waals surface area contributed by atoms with Gasteiger partial charge in [-0.1, -0.05) is 12.1 Å². The Morgan fingerprint density at radius 2 is 1.65 bits per heavy atom. The number of benzene rings is 2. The molecule has 1 saturated heterocycles. The molecule has 136 valence electrons. The minimum atomic E-state index is -0.114. The highest BCUT2D eigenvalue weighted by Crippen LogP contribution is 2.20. The van der Waals surface area contributed by atoms with Crippen LogP contribution in [-0.2, 0) is 4.79 Å². The molecule has 1 fully saturated rings. The van der Waals surface area contributed by atoms with Crippen LogP contribution in [0.3, 0.4) is 0 Å². The molecule has 1 aliphatic heterocycles. The number of anilines is 2. The third-order valence-corrected chi connectivity index (χ3v) is 4.53. The fourth-order valence-corrected chi connectivity index (χ4v) is 3.12. The number of amides is 1. The monoisotopic (exact) mass is 353 g/mol. The van der Waals surface area contributed by atoms with Crippen LogP contribution >= 0.6 is 0 Å². The third kappa shape index (κ3) is 4.40. The highest BCUT2D eigenvalue weighted by Gasteiger charge is 2.20. The first-order chi connectivity index (χ1) is 12.5. The standard InChI is InChI=1S/C20H23N3O3/c1-15(24)18-4-2-3-5-19(18)21-20(26)14-22-10-12-23(13-11-22)16-6-8-17(25)9-7-16/h2-9,25H,10-14H2,1H3,(H,21,26). The number of phenolic OH excluding ortho intramolecular Hbond substituents is 1. The van der Waals surface area contributed by atoms with E-state index in [1.165, 1.54) is 6.92 Å². The summed E-state index contributed by atoms with van der Waals surface area (Å²) in [4.78, 5) is 28.3. The van der Waals surface area contributed by atoms with Crippen LogP contribution in [0.4, 0.5) is 11.4 Å². The summed E-state index contributed by atoms with van der Waals surface area (Å²) >= 11 is 0. The van der Waals surface area contributed by atoms with Gasteiger partial charge < -0.3 is 15.3 Å². The number of phenols is 1. The molecule has 6 nitrogen and oxygen atoms in total. The Morgan fingerprint density at radius 1 is 1.00 bits per heavy atom. The van der Waals surface area contributed by atoms with E-state index in [1.54, 1.807) is 36.4 Å². The lowest BCUT2D eigenvalue weighted by atomic mass is 10.1. The molecule has 0 saturated carbocycles. The lowest BCUT2D eigenvalue weighted by Crippen LogP contribution is -2.48. The Kier molecular flexibility index (Phi) is 5.53. The smallest absolute Gasteiger partial charge is 0.238 e. The zero-order chi connectivity index (χ0) is 18.5. The maximum absolute atomic E-state index is 12.3. The molecular formula is C20H23N3O3. The number of hydrogen-bond donors (Lipinski definition) is 2. The minimum Gasteiger partial charge on any atom is -0.508 e. The first-order valence-electron chi connectivity index (χ1n) is 8.69. The zero-order valence-electron chi connectivity index (χ0n) is 14.8. The molecule has 6 heteroatoms. The van der Waals surface area contributed by atoms with Crippen LogP contribution in [0.1, 0.15) is 17.3 Å². The van der Waals surface area contributed by atoms with Gasteiger partial charge in [0.1, 0.15) is 5.75 Å². The van der Waals surface area contributed by atoms with Crippen molar-refractivity contribution in [2.45, 2.75) is 6.92 Å². The predicted molar refractivity (Wildman–Crippen MR) is 102 cm³/mol. The second kappa shape index (κ2) is 8.01. The first kappa shape index (κ1) is 17.9. The van der Waals surface area contributed by atoms with E-state index < -0.39 is 0 Å². The van der Waals surface area contributed by atoms with Crippen LogP contribution in [0, 0.1) is 0 Å². The molecule has 0 atom stereocenters. The summed E-state index contributed by atoms with van der Waals surface area (Å²) in [5.74, 6) is 0.0788. The number of carbonyl (C=O) groups excluding carboxylic acids is 2. The molecule has 1 heterocycles. The number of nitrogens with zero attached hydrogens (tertiary/aromatic N) is 2. The molecule has 0 radical (unpaired) electrons. The Labute approximate surface area is 153 Å². The molecule has 0 aromatic heterocycles. The minimum absolute atomic E-state index is 0.0663. The highest BCUT2D eigenvalue weighted by atomic mass is 16.3. The van der Waals surface area contributed by atoms with E-state index in [4.69, 9.17) is 0 Å².